The van der Waals surface area contributed by atoms with Crippen molar-refractivity contribution in [3.05, 3.63) is 41.4 Å². The summed E-state index contributed by atoms with van der Waals surface area (Å²) in [6.45, 7) is 3.31. The fraction of sp³-hybridized carbons (Fsp3) is 0.286. The SMILES string of the molecule is CC(=O)C1=C(C)NC(=S)[C@H](C#N)[C@@H]1c1cccnc1. The lowest BCUT2D eigenvalue weighted by atomic mass is 9.77. The third kappa shape index (κ3) is 2.40. The zero-order valence-corrected chi connectivity index (χ0v) is 11.5. The summed E-state index contributed by atoms with van der Waals surface area (Å²) in [7, 11) is 0. The molecule has 1 N–H and O–H groups in total. The van der Waals surface area contributed by atoms with Crippen LogP contribution in [0.25, 0.3) is 0 Å². The number of aromatic nitrogens is 1. The Balaban J connectivity index is 2.62. The number of thiocarbonyl (C=S) groups is 1. The molecule has 0 saturated carbocycles. The van der Waals surface area contributed by atoms with Gasteiger partial charge in [-0.3, -0.25) is 9.78 Å². The van der Waals surface area contributed by atoms with Crippen molar-refractivity contribution in [2.75, 3.05) is 0 Å². The first-order chi connectivity index (χ1) is 9.06. The predicted molar refractivity (Wildman–Crippen MR) is 75.2 cm³/mol. The van der Waals surface area contributed by atoms with Gasteiger partial charge in [-0.25, -0.2) is 0 Å². The number of Topliss-reactive ketones (excluding diaryl/α,β-unsaturated/α-hetero) is 1. The average molecular weight is 271 g/mol. The maximum Gasteiger partial charge on any atom is 0.158 e. The van der Waals surface area contributed by atoms with Gasteiger partial charge in [-0.1, -0.05) is 18.3 Å². The summed E-state index contributed by atoms with van der Waals surface area (Å²) in [6, 6.07) is 5.85. The highest BCUT2D eigenvalue weighted by Crippen LogP contribution is 2.37. The summed E-state index contributed by atoms with van der Waals surface area (Å²) in [5.74, 6) is -0.937. The van der Waals surface area contributed by atoms with Crippen molar-refractivity contribution >= 4 is 23.0 Å². The van der Waals surface area contributed by atoms with Gasteiger partial charge in [0.1, 0.15) is 5.92 Å². The smallest absolute Gasteiger partial charge is 0.158 e. The third-order valence-corrected chi connectivity index (χ3v) is 3.56. The second-order valence-corrected chi connectivity index (χ2v) is 4.89. The molecule has 1 aliphatic rings. The highest BCUT2D eigenvalue weighted by Gasteiger charge is 2.37. The van der Waals surface area contributed by atoms with Crippen LogP contribution in [0.4, 0.5) is 0 Å². The van der Waals surface area contributed by atoms with Crippen LogP contribution in [-0.4, -0.2) is 15.8 Å². The summed E-state index contributed by atoms with van der Waals surface area (Å²) in [6.07, 6.45) is 3.34. The lowest BCUT2D eigenvalue weighted by molar-refractivity contribution is -0.114. The Bertz CT molecular complexity index is 601. The number of hydrogen-bond acceptors (Lipinski definition) is 4. The van der Waals surface area contributed by atoms with Gasteiger partial charge in [0.15, 0.2) is 5.78 Å². The van der Waals surface area contributed by atoms with E-state index in [1.165, 1.54) is 6.92 Å². The molecule has 2 heterocycles. The Labute approximate surface area is 117 Å². The monoisotopic (exact) mass is 271 g/mol. The molecule has 4 nitrogen and oxygen atoms in total. The molecule has 2 atom stereocenters. The van der Waals surface area contributed by atoms with Crippen LogP contribution in [0.15, 0.2) is 35.8 Å². The first kappa shape index (κ1) is 13.4. The van der Waals surface area contributed by atoms with Gasteiger partial charge in [-0.05, 0) is 25.5 Å². The summed E-state index contributed by atoms with van der Waals surface area (Å²) >= 11 is 5.22. The van der Waals surface area contributed by atoms with Gasteiger partial charge in [0.05, 0.1) is 11.1 Å². The zero-order valence-electron chi connectivity index (χ0n) is 10.7. The number of allylic oxidation sites excluding steroid dienone is 2. The summed E-state index contributed by atoms with van der Waals surface area (Å²) in [5.41, 5.74) is 2.16. The second kappa shape index (κ2) is 5.29. The van der Waals surface area contributed by atoms with Crippen LogP contribution < -0.4 is 5.32 Å². The largest absolute Gasteiger partial charge is 0.352 e. The van der Waals surface area contributed by atoms with Crippen molar-refractivity contribution in [3.8, 4) is 6.07 Å². The third-order valence-electron chi connectivity index (χ3n) is 3.20. The fourth-order valence-corrected chi connectivity index (χ4v) is 2.76. The minimum absolute atomic E-state index is 0.0541. The van der Waals surface area contributed by atoms with Crippen molar-refractivity contribution in [1.29, 1.82) is 5.26 Å². The van der Waals surface area contributed by atoms with Crippen molar-refractivity contribution in [2.24, 2.45) is 5.92 Å². The molecule has 0 aromatic carbocycles. The van der Waals surface area contributed by atoms with E-state index in [9.17, 15) is 10.1 Å². The van der Waals surface area contributed by atoms with E-state index in [2.05, 4.69) is 16.4 Å². The molecule has 0 radical (unpaired) electrons. The van der Waals surface area contributed by atoms with E-state index in [0.29, 0.717) is 10.6 Å². The molecule has 0 amide bonds. The van der Waals surface area contributed by atoms with E-state index >= 15 is 0 Å². The minimum Gasteiger partial charge on any atom is -0.352 e. The van der Waals surface area contributed by atoms with Crippen molar-refractivity contribution in [1.82, 2.24) is 10.3 Å². The number of rotatable bonds is 2. The van der Waals surface area contributed by atoms with Crippen LogP contribution in [0.2, 0.25) is 0 Å². The summed E-state index contributed by atoms with van der Waals surface area (Å²) in [5, 5.41) is 12.3. The van der Waals surface area contributed by atoms with Crippen LogP contribution in [0.5, 0.6) is 0 Å². The van der Waals surface area contributed by atoms with Crippen molar-refractivity contribution < 1.29 is 4.79 Å². The van der Waals surface area contributed by atoms with Crippen LogP contribution in [-0.2, 0) is 4.79 Å². The lowest BCUT2D eigenvalue weighted by Gasteiger charge is -2.31. The number of pyridine rings is 1. The van der Waals surface area contributed by atoms with Gasteiger partial charge < -0.3 is 5.32 Å². The van der Waals surface area contributed by atoms with E-state index in [1.54, 1.807) is 25.4 Å². The predicted octanol–water partition coefficient (Wildman–Crippen LogP) is 2.10. The number of nitrogens with zero attached hydrogens (tertiary/aromatic N) is 2. The van der Waals surface area contributed by atoms with Crippen molar-refractivity contribution in [2.45, 2.75) is 19.8 Å². The number of nitrogens with one attached hydrogen (secondary N) is 1. The Morgan fingerprint density at radius 2 is 2.32 bits per heavy atom. The maximum atomic E-state index is 11.9. The molecule has 19 heavy (non-hydrogen) atoms. The second-order valence-electron chi connectivity index (χ2n) is 4.45. The summed E-state index contributed by atoms with van der Waals surface area (Å²) < 4.78 is 0. The molecule has 0 unspecified atom stereocenters. The molecule has 0 fully saturated rings. The minimum atomic E-state index is -0.540. The molecule has 0 bridgehead atoms. The Morgan fingerprint density at radius 3 is 2.84 bits per heavy atom. The van der Waals surface area contributed by atoms with E-state index in [0.717, 1.165) is 11.3 Å². The number of carbonyl (C=O) groups excluding carboxylic acids is 1. The molecule has 96 valence electrons. The topological polar surface area (TPSA) is 65.8 Å². The lowest BCUT2D eigenvalue weighted by Crippen LogP contribution is -2.39. The molecular formula is C14H13N3OS. The molecule has 1 aliphatic heterocycles. The highest BCUT2D eigenvalue weighted by molar-refractivity contribution is 7.80. The molecule has 0 aliphatic carbocycles. The van der Waals surface area contributed by atoms with Gasteiger partial charge in [0, 0.05) is 29.6 Å². The molecule has 2 rings (SSSR count). The Kier molecular flexibility index (Phi) is 3.72. The number of carbonyl (C=O) groups is 1. The summed E-state index contributed by atoms with van der Waals surface area (Å²) in [4.78, 5) is 16.4. The van der Waals surface area contributed by atoms with Gasteiger partial charge >= 0.3 is 0 Å². The van der Waals surface area contributed by atoms with Crippen molar-refractivity contribution in [3.63, 3.8) is 0 Å². The number of ketones is 1. The van der Waals surface area contributed by atoms with Crippen LogP contribution in [0.3, 0.4) is 0 Å². The standard InChI is InChI=1S/C14H13N3OS/c1-8-12(9(2)18)13(10-4-3-5-16-7-10)11(6-15)14(19)17-8/h3-5,7,11,13H,1-2H3,(H,17,19)/t11-,13+/m1/s1. The molecule has 0 saturated heterocycles. The van der Waals surface area contributed by atoms with Crippen LogP contribution in [0, 0.1) is 17.2 Å². The average Bonchev–Trinajstić information content (AvgIpc) is 2.38. The van der Waals surface area contributed by atoms with Gasteiger partial charge in [0.2, 0.25) is 0 Å². The van der Waals surface area contributed by atoms with Gasteiger partial charge in [-0.2, -0.15) is 5.26 Å². The molecule has 1 aromatic rings. The Morgan fingerprint density at radius 1 is 1.58 bits per heavy atom. The normalized spacial score (nSPS) is 22.7. The first-order valence-corrected chi connectivity index (χ1v) is 6.29. The molecule has 1 aromatic heterocycles. The van der Waals surface area contributed by atoms with E-state index in [4.69, 9.17) is 12.2 Å². The molecule has 0 spiro atoms. The number of hydrogen-bond donors (Lipinski definition) is 1. The molecule has 5 heteroatoms. The van der Waals surface area contributed by atoms with E-state index in [1.807, 2.05) is 6.07 Å². The fourth-order valence-electron chi connectivity index (χ4n) is 2.42. The van der Waals surface area contributed by atoms with Crippen LogP contribution in [0.1, 0.15) is 25.3 Å². The quantitative estimate of drug-likeness (QED) is 0.834. The van der Waals surface area contributed by atoms with E-state index in [-0.39, 0.29) is 11.7 Å². The van der Waals surface area contributed by atoms with Crippen LogP contribution >= 0.6 is 12.2 Å². The highest BCUT2D eigenvalue weighted by atomic mass is 32.1. The zero-order chi connectivity index (χ0) is 14.0. The van der Waals surface area contributed by atoms with Gasteiger partial charge in [0.25, 0.3) is 0 Å². The Hall–Kier alpha value is -2.06. The first-order valence-electron chi connectivity index (χ1n) is 5.88. The molecular weight excluding hydrogens is 258 g/mol. The van der Waals surface area contributed by atoms with E-state index < -0.39 is 5.92 Å². The number of nitriles is 1. The van der Waals surface area contributed by atoms with Gasteiger partial charge in [-0.15, -0.1) is 0 Å². The maximum absolute atomic E-state index is 11.9.